The fraction of sp³-hybridized carbons (Fsp3) is 0.368. The van der Waals surface area contributed by atoms with Gasteiger partial charge in [0.05, 0.1) is 17.0 Å². The lowest BCUT2D eigenvalue weighted by Crippen LogP contribution is -2.40. The van der Waals surface area contributed by atoms with E-state index in [0.717, 1.165) is 29.8 Å². The summed E-state index contributed by atoms with van der Waals surface area (Å²) in [6.45, 7) is 2.11. The largest absolute Gasteiger partial charge is 0.293 e. The molecule has 2 aliphatic rings. The van der Waals surface area contributed by atoms with Crippen molar-refractivity contribution < 1.29 is 4.79 Å². The molecule has 24 heavy (non-hydrogen) atoms. The van der Waals surface area contributed by atoms with Crippen molar-refractivity contribution in [3.05, 3.63) is 47.4 Å². The monoisotopic (exact) mass is 318 g/mol. The number of Topliss-reactive ketones (excluding diaryl/α,β-unsaturated/α-hetero) is 1. The molecule has 0 saturated carbocycles. The molecule has 120 valence electrons. The van der Waals surface area contributed by atoms with Crippen molar-refractivity contribution in [3.63, 3.8) is 0 Å². The second-order valence-electron chi connectivity index (χ2n) is 6.85. The summed E-state index contributed by atoms with van der Waals surface area (Å²) in [4.78, 5) is 16.2. The van der Waals surface area contributed by atoms with Crippen LogP contribution < -0.4 is 0 Å². The Morgan fingerprint density at radius 2 is 2.12 bits per heavy atom. The van der Waals surface area contributed by atoms with E-state index >= 15 is 0 Å². The normalized spacial score (nSPS) is 25.5. The average Bonchev–Trinajstić information content (AvgIpc) is 2.93. The Kier molecular flexibility index (Phi) is 3.17. The Morgan fingerprint density at radius 1 is 1.38 bits per heavy atom. The zero-order valence-corrected chi connectivity index (χ0v) is 13.8. The first-order valence-corrected chi connectivity index (χ1v) is 8.17. The van der Waals surface area contributed by atoms with Crippen molar-refractivity contribution in [1.29, 1.82) is 5.26 Å². The summed E-state index contributed by atoms with van der Waals surface area (Å²) in [7, 11) is 1.95. The molecule has 0 bridgehead atoms. The molecule has 2 unspecified atom stereocenters. The number of allylic oxidation sites excluding steroid dienone is 2. The van der Waals surface area contributed by atoms with Crippen LogP contribution in [0.25, 0.3) is 11.3 Å². The van der Waals surface area contributed by atoms with E-state index in [9.17, 15) is 10.1 Å². The zero-order chi connectivity index (χ0) is 16.9. The Morgan fingerprint density at radius 3 is 2.83 bits per heavy atom. The van der Waals surface area contributed by atoms with E-state index in [0.29, 0.717) is 6.42 Å². The number of hydrogen-bond acceptors (Lipinski definition) is 4. The highest BCUT2D eigenvalue weighted by molar-refractivity contribution is 6.00. The van der Waals surface area contributed by atoms with Crippen LogP contribution in [-0.4, -0.2) is 20.5 Å². The third-order valence-electron chi connectivity index (χ3n) is 5.50. The van der Waals surface area contributed by atoms with Gasteiger partial charge in [0.2, 0.25) is 0 Å². The van der Waals surface area contributed by atoms with Gasteiger partial charge in [0, 0.05) is 42.4 Å². The summed E-state index contributed by atoms with van der Waals surface area (Å²) in [5.74, 6) is 0.184. The smallest absolute Gasteiger partial charge is 0.173 e. The van der Waals surface area contributed by atoms with Gasteiger partial charge >= 0.3 is 0 Å². The molecule has 0 fully saturated rings. The number of pyridine rings is 1. The van der Waals surface area contributed by atoms with Crippen molar-refractivity contribution in [2.75, 3.05) is 0 Å². The maximum absolute atomic E-state index is 12.1. The van der Waals surface area contributed by atoms with Gasteiger partial charge in [-0.25, -0.2) is 0 Å². The summed E-state index contributed by atoms with van der Waals surface area (Å²) in [5, 5.41) is 14.1. The molecule has 5 nitrogen and oxygen atoms in total. The third kappa shape index (κ3) is 1.96. The van der Waals surface area contributed by atoms with Crippen molar-refractivity contribution in [3.8, 4) is 17.3 Å². The number of hydrogen-bond donors (Lipinski definition) is 0. The Hall–Kier alpha value is -2.74. The maximum Gasteiger partial charge on any atom is 0.173 e. The molecule has 2 atom stereocenters. The molecule has 2 aliphatic carbocycles. The van der Waals surface area contributed by atoms with Crippen LogP contribution >= 0.6 is 0 Å². The molecule has 0 spiro atoms. The number of ketones is 1. The number of carbonyl (C=O) groups is 1. The van der Waals surface area contributed by atoms with Crippen LogP contribution in [0.2, 0.25) is 0 Å². The SMILES string of the molecule is Cn1nc2c(c1-c1ccncc1)CCC1CC(=O)C(C#N)=CC21C. The lowest BCUT2D eigenvalue weighted by Gasteiger charge is -2.40. The van der Waals surface area contributed by atoms with E-state index < -0.39 is 0 Å². The quantitative estimate of drug-likeness (QED) is 0.810. The topological polar surface area (TPSA) is 71.6 Å². The number of aromatic nitrogens is 3. The molecule has 4 rings (SSSR count). The number of aryl methyl sites for hydroxylation is 1. The Labute approximate surface area is 140 Å². The van der Waals surface area contributed by atoms with Gasteiger partial charge in [0.25, 0.3) is 0 Å². The minimum absolute atomic E-state index is 0.0336. The van der Waals surface area contributed by atoms with Crippen LogP contribution in [0.15, 0.2) is 36.2 Å². The molecule has 0 aromatic carbocycles. The molecule has 0 amide bonds. The third-order valence-corrected chi connectivity index (χ3v) is 5.50. The minimum atomic E-state index is -0.352. The lowest BCUT2D eigenvalue weighted by molar-refractivity contribution is -0.117. The first-order valence-electron chi connectivity index (χ1n) is 8.17. The van der Waals surface area contributed by atoms with Crippen LogP contribution in [0.4, 0.5) is 0 Å². The van der Waals surface area contributed by atoms with E-state index in [4.69, 9.17) is 5.10 Å². The van der Waals surface area contributed by atoms with E-state index in [1.807, 2.05) is 29.9 Å². The summed E-state index contributed by atoms with van der Waals surface area (Å²) < 4.78 is 1.92. The summed E-state index contributed by atoms with van der Waals surface area (Å²) in [6, 6.07) is 6.05. The first-order chi connectivity index (χ1) is 11.5. The van der Waals surface area contributed by atoms with Gasteiger partial charge in [-0.15, -0.1) is 0 Å². The summed E-state index contributed by atoms with van der Waals surface area (Å²) in [6.07, 6.45) is 7.71. The second-order valence-corrected chi connectivity index (χ2v) is 6.85. The molecule has 2 heterocycles. The number of nitriles is 1. The van der Waals surface area contributed by atoms with Crippen LogP contribution in [0.1, 0.15) is 31.0 Å². The zero-order valence-electron chi connectivity index (χ0n) is 13.8. The van der Waals surface area contributed by atoms with Gasteiger partial charge < -0.3 is 0 Å². The van der Waals surface area contributed by atoms with Crippen LogP contribution in [-0.2, 0) is 23.7 Å². The van der Waals surface area contributed by atoms with Gasteiger partial charge in [0.15, 0.2) is 5.78 Å². The van der Waals surface area contributed by atoms with Gasteiger partial charge in [-0.3, -0.25) is 14.5 Å². The minimum Gasteiger partial charge on any atom is -0.293 e. The number of nitrogens with zero attached hydrogens (tertiary/aromatic N) is 4. The number of rotatable bonds is 1. The van der Waals surface area contributed by atoms with E-state index in [1.54, 1.807) is 12.4 Å². The molecule has 0 aliphatic heterocycles. The van der Waals surface area contributed by atoms with Crippen molar-refractivity contribution >= 4 is 5.78 Å². The van der Waals surface area contributed by atoms with Crippen LogP contribution in [0.3, 0.4) is 0 Å². The second kappa shape index (κ2) is 5.13. The van der Waals surface area contributed by atoms with E-state index in [2.05, 4.69) is 18.0 Å². The van der Waals surface area contributed by atoms with Crippen molar-refractivity contribution in [2.45, 2.75) is 31.6 Å². The molecule has 0 saturated heterocycles. The highest BCUT2D eigenvalue weighted by Gasteiger charge is 2.46. The highest BCUT2D eigenvalue weighted by atomic mass is 16.1. The van der Waals surface area contributed by atoms with Gasteiger partial charge in [-0.05, 0) is 30.9 Å². The van der Waals surface area contributed by atoms with Crippen LogP contribution in [0.5, 0.6) is 0 Å². The number of fused-ring (bicyclic) bond motifs is 3. The van der Waals surface area contributed by atoms with Gasteiger partial charge in [0.1, 0.15) is 6.07 Å². The van der Waals surface area contributed by atoms with E-state index in [1.165, 1.54) is 5.56 Å². The predicted octanol–water partition coefficient (Wildman–Crippen LogP) is 2.72. The average molecular weight is 318 g/mol. The predicted molar refractivity (Wildman–Crippen MR) is 88.9 cm³/mol. The number of carbonyl (C=O) groups excluding carboxylic acids is 1. The molecule has 0 N–H and O–H groups in total. The van der Waals surface area contributed by atoms with Crippen LogP contribution in [0, 0.1) is 17.2 Å². The van der Waals surface area contributed by atoms with Gasteiger partial charge in [-0.2, -0.15) is 10.4 Å². The molecular weight excluding hydrogens is 300 g/mol. The Bertz CT molecular complexity index is 903. The molecule has 2 aromatic heterocycles. The Balaban J connectivity index is 1.93. The fourth-order valence-corrected chi connectivity index (χ4v) is 4.23. The summed E-state index contributed by atoms with van der Waals surface area (Å²) >= 11 is 0. The maximum atomic E-state index is 12.1. The molecule has 2 aromatic rings. The van der Waals surface area contributed by atoms with E-state index in [-0.39, 0.29) is 22.7 Å². The molecular formula is C19H18N4O. The summed E-state index contributed by atoms with van der Waals surface area (Å²) in [5.41, 5.74) is 4.36. The highest BCUT2D eigenvalue weighted by Crippen LogP contribution is 2.49. The lowest BCUT2D eigenvalue weighted by atomic mass is 9.61. The van der Waals surface area contributed by atoms with Crippen molar-refractivity contribution in [2.24, 2.45) is 13.0 Å². The first kappa shape index (κ1) is 14.8. The fourth-order valence-electron chi connectivity index (χ4n) is 4.23. The standard InChI is InChI=1S/C19H18N4O/c1-19-10-13(11-20)16(24)9-14(19)3-4-15-17(23(2)22-18(15)19)12-5-7-21-8-6-12/h5-8,10,14H,3-4,9H2,1-2H3. The van der Waals surface area contributed by atoms with Crippen molar-refractivity contribution in [1.82, 2.24) is 14.8 Å². The van der Waals surface area contributed by atoms with Gasteiger partial charge in [-0.1, -0.05) is 13.0 Å². The molecule has 0 radical (unpaired) electrons. The molecule has 5 heteroatoms.